The van der Waals surface area contributed by atoms with E-state index < -0.39 is 0 Å². The van der Waals surface area contributed by atoms with Crippen LogP contribution < -0.4 is 10.9 Å². The first-order chi connectivity index (χ1) is 29.5. The van der Waals surface area contributed by atoms with Crippen LogP contribution in [0.15, 0.2) is 112 Å². The van der Waals surface area contributed by atoms with Gasteiger partial charge in [-0.25, -0.2) is 0 Å². The number of fused-ring (bicyclic) bond motifs is 10. The van der Waals surface area contributed by atoms with E-state index in [1.807, 2.05) is 12.1 Å². The molecule has 0 amide bonds. The highest BCUT2D eigenvalue weighted by Gasteiger charge is 2.26. The molecule has 0 saturated carbocycles. The Balaban J connectivity index is 1.27. The number of aryl methyl sites for hydroxylation is 6. The van der Waals surface area contributed by atoms with Crippen LogP contribution in [-0.4, -0.2) is 13.5 Å². The summed E-state index contributed by atoms with van der Waals surface area (Å²) in [5.74, 6) is 0. The summed E-state index contributed by atoms with van der Waals surface area (Å²) in [6, 6.07) is 30.4. The highest BCUT2D eigenvalue weighted by molar-refractivity contribution is 6.13. The van der Waals surface area contributed by atoms with E-state index in [2.05, 4.69) is 175 Å². The number of rotatable bonds is 2. The van der Waals surface area contributed by atoms with Gasteiger partial charge in [-0.2, -0.15) is 0 Å². The van der Waals surface area contributed by atoms with E-state index in [4.69, 9.17) is 0 Å². The topological polar surface area (TPSA) is 48.4 Å². The first kappa shape index (κ1) is 38.2. The van der Waals surface area contributed by atoms with Gasteiger partial charge in [-0.1, -0.05) is 73.4 Å². The molecule has 62 heavy (non-hydrogen) atoms. The van der Waals surface area contributed by atoms with Crippen LogP contribution in [0, 0.1) is 41.5 Å². The number of allylic oxidation sites excluding steroid dienone is 4. The van der Waals surface area contributed by atoms with Gasteiger partial charge in [0.05, 0.1) is 38.8 Å². The van der Waals surface area contributed by atoms with Gasteiger partial charge in [-0.3, -0.25) is 9.59 Å². The Morgan fingerprint density at radius 3 is 1.45 bits per heavy atom. The standard InChI is InChI=1S/C57H51N3O2/c1-29-12-15-40-41-22-30(2)19-34(6)51(41)58(50(40)33(5)18-29)38-13-16-48-44(27-38)55(61)46-25-37(57(9,10)11)26-47-54(46)60(48)49-17-14-39(28-45(49)56(47)62)59-52-35(7)20-31(3)23-42(52)43-24-32(4)21-36(8)53(43)59/h12-14,16-28H,15H2,1-11H3. The molecular weight excluding hydrogens is 759 g/mol. The van der Waals surface area contributed by atoms with E-state index in [1.54, 1.807) is 0 Å². The van der Waals surface area contributed by atoms with Gasteiger partial charge in [0.25, 0.3) is 0 Å². The minimum absolute atomic E-state index is 0.0602. The SMILES string of the molecule is CC1=CCc2c(n(-c3ccc4c(c3)c(=O)c3cc(C(C)(C)C)cc5c(=O)c6cc(-n7c8c(C)cc(C)cc8c8cc(C)cc(C)c87)ccc6n4c35)c3c(C)cc(C)cc23)C(C)=C1. The molecule has 4 heterocycles. The highest BCUT2D eigenvalue weighted by atomic mass is 16.1. The minimum Gasteiger partial charge on any atom is -0.309 e. The number of hydrogen-bond donors (Lipinski definition) is 0. The van der Waals surface area contributed by atoms with E-state index in [-0.39, 0.29) is 16.3 Å². The van der Waals surface area contributed by atoms with Crippen molar-refractivity contribution in [1.82, 2.24) is 13.5 Å². The Morgan fingerprint density at radius 1 is 0.484 bits per heavy atom. The molecule has 4 aromatic heterocycles. The Labute approximate surface area is 361 Å². The maximum Gasteiger partial charge on any atom is 0.197 e. The number of pyridine rings is 2. The van der Waals surface area contributed by atoms with Gasteiger partial charge in [0.2, 0.25) is 0 Å². The quantitative estimate of drug-likeness (QED) is 0.129. The number of benzene rings is 6. The molecule has 0 unspecified atom stereocenters. The van der Waals surface area contributed by atoms with Crippen LogP contribution in [0.2, 0.25) is 0 Å². The molecular formula is C57H51N3O2. The highest BCUT2D eigenvalue weighted by Crippen LogP contribution is 2.41. The summed E-state index contributed by atoms with van der Waals surface area (Å²) in [5, 5.41) is 6.07. The molecule has 0 saturated heterocycles. The molecule has 0 N–H and O–H groups in total. The fraction of sp³-hybridized carbons (Fsp3) is 0.228. The molecule has 0 radical (unpaired) electrons. The largest absolute Gasteiger partial charge is 0.309 e. The molecule has 1 aliphatic rings. The smallest absolute Gasteiger partial charge is 0.197 e. The molecule has 5 heteroatoms. The number of aromatic nitrogens is 3. The van der Waals surface area contributed by atoms with Crippen LogP contribution in [0.3, 0.4) is 0 Å². The van der Waals surface area contributed by atoms with Gasteiger partial charge >= 0.3 is 0 Å². The lowest BCUT2D eigenvalue weighted by atomic mass is 9.85. The van der Waals surface area contributed by atoms with Gasteiger partial charge < -0.3 is 13.5 Å². The maximum absolute atomic E-state index is 15.2. The van der Waals surface area contributed by atoms with Crippen molar-refractivity contribution in [3.05, 3.63) is 173 Å². The lowest BCUT2D eigenvalue weighted by Crippen LogP contribution is -2.18. The average Bonchev–Trinajstić information content (AvgIpc) is 3.67. The van der Waals surface area contributed by atoms with Crippen LogP contribution in [0.25, 0.3) is 87.8 Å². The fourth-order valence-corrected chi connectivity index (χ4v) is 11.2. The normalized spacial score (nSPS) is 13.7. The lowest BCUT2D eigenvalue weighted by molar-refractivity contribution is 0.591. The van der Waals surface area contributed by atoms with E-state index in [1.165, 1.54) is 77.5 Å². The summed E-state index contributed by atoms with van der Waals surface area (Å²) in [4.78, 5) is 30.4. The summed E-state index contributed by atoms with van der Waals surface area (Å²) in [6.45, 7) is 23.9. The van der Waals surface area contributed by atoms with Gasteiger partial charge in [-0.05, 0) is 167 Å². The van der Waals surface area contributed by atoms with Crippen molar-refractivity contribution in [2.24, 2.45) is 0 Å². The summed E-state index contributed by atoms with van der Waals surface area (Å²) in [5.41, 5.74) is 20.4. The van der Waals surface area contributed by atoms with Crippen LogP contribution in [0.4, 0.5) is 0 Å². The molecule has 0 bridgehead atoms. The molecule has 0 fully saturated rings. The molecule has 6 aromatic carbocycles. The van der Waals surface area contributed by atoms with Crippen LogP contribution >= 0.6 is 0 Å². The van der Waals surface area contributed by atoms with Gasteiger partial charge in [0, 0.05) is 49.1 Å². The zero-order valence-corrected chi connectivity index (χ0v) is 37.6. The second kappa shape index (κ2) is 12.9. The minimum atomic E-state index is -0.303. The molecule has 1 aliphatic carbocycles. The Hall–Kier alpha value is -6.72. The van der Waals surface area contributed by atoms with Crippen LogP contribution in [-0.2, 0) is 11.8 Å². The summed E-state index contributed by atoms with van der Waals surface area (Å²) < 4.78 is 6.93. The number of hydrogen-bond acceptors (Lipinski definition) is 2. The fourth-order valence-electron chi connectivity index (χ4n) is 11.2. The molecule has 306 valence electrons. The van der Waals surface area contributed by atoms with E-state index in [9.17, 15) is 0 Å². The molecule has 10 aromatic rings. The first-order valence-electron chi connectivity index (χ1n) is 21.9. The molecule has 11 rings (SSSR count). The second-order valence-electron chi connectivity index (χ2n) is 19.5. The second-order valence-corrected chi connectivity index (χ2v) is 19.5. The lowest BCUT2D eigenvalue weighted by Gasteiger charge is -2.22. The summed E-state index contributed by atoms with van der Waals surface area (Å²) in [6.07, 6.45) is 5.43. The third kappa shape index (κ3) is 5.27. The number of nitrogens with zero attached hydrogens (tertiary/aromatic N) is 3. The van der Waals surface area contributed by atoms with Crippen molar-refractivity contribution in [1.29, 1.82) is 0 Å². The average molecular weight is 810 g/mol. The third-order valence-corrected chi connectivity index (χ3v) is 13.7. The van der Waals surface area contributed by atoms with Crippen molar-refractivity contribution < 1.29 is 0 Å². The monoisotopic (exact) mass is 809 g/mol. The van der Waals surface area contributed by atoms with Crippen LogP contribution in [0.5, 0.6) is 0 Å². The summed E-state index contributed by atoms with van der Waals surface area (Å²) >= 11 is 0. The zero-order valence-electron chi connectivity index (χ0n) is 37.6. The molecule has 0 aliphatic heterocycles. The van der Waals surface area contributed by atoms with Crippen molar-refractivity contribution >= 4 is 76.4 Å². The van der Waals surface area contributed by atoms with Crippen molar-refractivity contribution in [2.45, 2.75) is 88.0 Å². The summed E-state index contributed by atoms with van der Waals surface area (Å²) in [7, 11) is 0. The van der Waals surface area contributed by atoms with Crippen LogP contribution in [0.1, 0.15) is 84.8 Å². The molecule has 5 nitrogen and oxygen atoms in total. The van der Waals surface area contributed by atoms with Crippen molar-refractivity contribution in [3.63, 3.8) is 0 Å². The van der Waals surface area contributed by atoms with Gasteiger partial charge in [0.15, 0.2) is 10.9 Å². The first-order valence-corrected chi connectivity index (χ1v) is 21.9. The third-order valence-electron chi connectivity index (χ3n) is 13.7. The van der Waals surface area contributed by atoms with Crippen molar-refractivity contribution in [2.75, 3.05) is 0 Å². The maximum atomic E-state index is 15.2. The van der Waals surface area contributed by atoms with Gasteiger partial charge in [0.1, 0.15) is 0 Å². The van der Waals surface area contributed by atoms with Gasteiger partial charge in [-0.15, -0.1) is 0 Å². The van der Waals surface area contributed by atoms with Crippen molar-refractivity contribution in [3.8, 4) is 11.4 Å². The van der Waals surface area contributed by atoms with E-state index in [0.29, 0.717) is 27.1 Å². The Morgan fingerprint density at radius 2 is 0.952 bits per heavy atom. The zero-order chi connectivity index (χ0) is 43.4. The predicted molar refractivity (Wildman–Crippen MR) is 263 cm³/mol. The Bertz CT molecular complexity index is 3810. The molecule has 0 atom stereocenters. The molecule has 0 spiro atoms. The Kier molecular flexibility index (Phi) is 7.95. The van der Waals surface area contributed by atoms with E-state index >= 15 is 9.59 Å². The predicted octanol–water partition coefficient (Wildman–Crippen LogP) is 13.7. The van der Waals surface area contributed by atoms with E-state index in [0.717, 1.165) is 45.4 Å².